The highest BCUT2D eigenvalue weighted by atomic mass is 32.2. The molecule has 5 rings (SSSR count). The number of hydrogen-bond acceptors (Lipinski definition) is 11. The number of fused-ring (bicyclic) bond motifs is 1. The Kier molecular flexibility index (Phi) is 8.57. The quantitative estimate of drug-likeness (QED) is 0.258. The molecule has 12 nitrogen and oxygen atoms in total. The number of rotatable bonds is 9. The summed E-state index contributed by atoms with van der Waals surface area (Å²) in [7, 11) is -0.579. The van der Waals surface area contributed by atoms with Gasteiger partial charge in [0.2, 0.25) is 5.95 Å². The van der Waals surface area contributed by atoms with Gasteiger partial charge in [0.05, 0.1) is 22.2 Å². The van der Waals surface area contributed by atoms with E-state index < -0.39 is 26.6 Å². The molecule has 4 aromatic rings. The number of nitrogens with one attached hydrogen (secondary N) is 3. The predicted octanol–water partition coefficient (Wildman–Crippen LogP) is 3.09. The number of thiazole rings is 1. The molecule has 0 radical (unpaired) electrons. The lowest BCUT2D eigenvalue weighted by Gasteiger charge is -2.24. The SMILES string of the molecule is CC(C)S(=O)(=O)c1ncsc1Cn1c(=O)c(C(=O)N(C)C)cc2cnc(Nc3ccc(NC4CCNCC4)cc3)nc21. The van der Waals surface area contributed by atoms with Gasteiger partial charge in [-0.15, -0.1) is 11.3 Å². The number of carbonyl (C=O) groups is 1. The summed E-state index contributed by atoms with van der Waals surface area (Å²) in [6.45, 7) is 5.05. The minimum absolute atomic E-state index is 0.0635. The number of pyridine rings is 1. The third-order valence-corrected chi connectivity index (χ3v) is 10.2. The minimum atomic E-state index is -3.70. The van der Waals surface area contributed by atoms with Crippen LogP contribution in [-0.4, -0.2) is 77.2 Å². The van der Waals surface area contributed by atoms with Crippen molar-refractivity contribution in [2.75, 3.05) is 37.8 Å². The summed E-state index contributed by atoms with van der Waals surface area (Å²) >= 11 is 1.13. The molecule has 0 spiro atoms. The van der Waals surface area contributed by atoms with Gasteiger partial charge in [0.25, 0.3) is 11.5 Å². The van der Waals surface area contributed by atoms with Crippen molar-refractivity contribution < 1.29 is 13.2 Å². The molecular weight excluding hydrogens is 576 g/mol. The van der Waals surface area contributed by atoms with Gasteiger partial charge in [-0.1, -0.05) is 0 Å². The smallest absolute Gasteiger partial charge is 0.265 e. The topological polar surface area (TPSA) is 151 Å². The summed E-state index contributed by atoms with van der Waals surface area (Å²) in [5.74, 6) is -0.226. The van der Waals surface area contributed by atoms with Crippen LogP contribution in [0.5, 0.6) is 0 Å². The summed E-state index contributed by atoms with van der Waals surface area (Å²) in [4.78, 5) is 41.4. The van der Waals surface area contributed by atoms with Gasteiger partial charge in [-0.05, 0) is 70.1 Å². The summed E-state index contributed by atoms with van der Waals surface area (Å²) < 4.78 is 27.2. The molecule has 1 amide bonds. The van der Waals surface area contributed by atoms with E-state index in [9.17, 15) is 18.0 Å². The number of nitrogens with zero attached hydrogens (tertiary/aromatic N) is 5. The van der Waals surface area contributed by atoms with E-state index in [-0.39, 0.29) is 28.7 Å². The highest BCUT2D eigenvalue weighted by Crippen LogP contribution is 2.25. The fraction of sp³-hybridized carbons (Fsp3) is 0.393. The van der Waals surface area contributed by atoms with Crippen molar-refractivity contribution in [2.45, 2.75) is 49.6 Å². The van der Waals surface area contributed by atoms with Crippen LogP contribution in [0.15, 0.2) is 51.9 Å². The predicted molar refractivity (Wildman–Crippen MR) is 165 cm³/mol. The van der Waals surface area contributed by atoms with Crippen LogP contribution in [0.2, 0.25) is 0 Å². The highest BCUT2D eigenvalue weighted by Gasteiger charge is 2.27. The fourth-order valence-electron chi connectivity index (χ4n) is 4.71. The molecule has 0 saturated carbocycles. The number of hydrogen-bond donors (Lipinski definition) is 3. The van der Waals surface area contributed by atoms with Crippen LogP contribution in [0.4, 0.5) is 17.3 Å². The van der Waals surface area contributed by atoms with E-state index in [0.717, 1.165) is 48.6 Å². The molecule has 1 fully saturated rings. The summed E-state index contributed by atoms with van der Waals surface area (Å²) in [6.07, 6.45) is 3.68. The monoisotopic (exact) mass is 610 g/mol. The second-order valence-corrected chi connectivity index (χ2v) is 14.0. The Hall–Kier alpha value is -3.88. The molecule has 1 aromatic carbocycles. The molecule has 3 aromatic heterocycles. The summed E-state index contributed by atoms with van der Waals surface area (Å²) in [5, 5.41) is 9.81. The molecule has 1 saturated heterocycles. The van der Waals surface area contributed by atoms with Crippen molar-refractivity contribution in [2.24, 2.45) is 0 Å². The maximum absolute atomic E-state index is 13.7. The van der Waals surface area contributed by atoms with Crippen molar-refractivity contribution in [3.8, 4) is 0 Å². The first-order valence-corrected chi connectivity index (χ1v) is 16.1. The largest absolute Gasteiger partial charge is 0.382 e. The number of aromatic nitrogens is 4. The molecule has 0 aliphatic carbocycles. The molecule has 222 valence electrons. The third-order valence-electron chi connectivity index (χ3n) is 7.11. The van der Waals surface area contributed by atoms with E-state index in [2.05, 4.69) is 30.9 Å². The van der Waals surface area contributed by atoms with Crippen LogP contribution in [0.3, 0.4) is 0 Å². The maximum Gasteiger partial charge on any atom is 0.265 e. The minimum Gasteiger partial charge on any atom is -0.382 e. The Bertz CT molecular complexity index is 1760. The van der Waals surface area contributed by atoms with Crippen molar-refractivity contribution in [1.29, 1.82) is 0 Å². The van der Waals surface area contributed by atoms with Gasteiger partial charge in [0, 0.05) is 43.1 Å². The van der Waals surface area contributed by atoms with E-state index in [1.165, 1.54) is 21.0 Å². The van der Waals surface area contributed by atoms with Crippen LogP contribution in [-0.2, 0) is 16.4 Å². The van der Waals surface area contributed by atoms with Crippen molar-refractivity contribution in [1.82, 2.24) is 29.7 Å². The molecule has 4 heterocycles. The highest BCUT2D eigenvalue weighted by molar-refractivity contribution is 7.92. The number of amides is 1. The van der Waals surface area contributed by atoms with Gasteiger partial charge in [-0.25, -0.2) is 18.4 Å². The van der Waals surface area contributed by atoms with E-state index >= 15 is 0 Å². The molecule has 1 aliphatic heterocycles. The normalized spacial score (nSPS) is 14.3. The number of carbonyl (C=O) groups excluding carboxylic acids is 1. The van der Waals surface area contributed by atoms with Crippen molar-refractivity contribution in [3.63, 3.8) is 0 Å². The van der Waals surface area contributed by atoms with Gasteiger partial charge in [0.1, 0.15) is 11.2 Å². The fourth-order valence-corrected chi connectivity index (χ4v) is 6.94. The Balaban J connectivity index is 1.50. The molecule has 3 N–H and O–H groups in total. The maximum atomic E-state index is 13.7. The zero-order valence-corrected chi connectivity index (χ0v) is 25.6. The van der Waals surface area contributed by atoms with Crippen molar-refractivity contribution >= 4 is 55.4 Å². The summed E-state index contributed by atoms with van der Waals surface area (Å²) in [5.41, 5.74) is 2.84. The average molecular weight is 611 g/mol. The second-order valence-electron chi connectivity index (χ2n) is 10.7. The van der Waals surface area contributed by atoms with Crippen LogP contribution >= 0.6 is 11.3 Å². The second kappa shape index (κ2) is 12.2. The number of sulfone groups is 1. The first kappa shape index (κ1) is 29.6. The number of piperidine rings is 1. The van der Waals surface area contributed by atoms with Crippen LogP contribution in [0, 0.1) is 0 Å². The molecule has 14 heteroatoms. The van der Waals surface area contributed by atoms with Gasteiger partial charge in [-0.3, -0.25) is 14.2 Å². The average Bonchev–Trinajstić information content (AvgIpc) is 3.45. The van der Waals surface area contributed by atoms with Gasteiger partial charge >= 0.3 is 0 Å². The Labute approximate surface area is 248 Å². The molecule has 1 aliphatic rings. The Morgan fingerprint density at radius 2 is 1.83 bits per heavy atom. The third kappa shape index (κ3) is 6.15. The first-order chi connectivity index (χ1) is 20.0. The van der Waals surface area contributed by atoms with Crippen LogP contribution in [0.25, 0.3) is 11.0 Å². The zero-order chi connectivity index (χ0) is 30.0. The number of benzene rings is 1. The standard InChI is InChI=1S/C28H34N8O4S2/c1-17(2)42(39,40)25-23(41-16-31-25)15-36-24-18(13-22(27(36)38)26(37)35(3)4)14-30-28(34-24)33-20-7-5-19(6-8-20)32-21-9-11-29-12-10-21/h5-8,13-14,16-17,21,29,32H,9-12,15H2,1-4H3,(H,30,33,34). The number of anilines is 3. The lowest BCUT2D eigenvalue weighted by atomic mass is 10.1. The van der Waals surface area contributed by atoms with E-state index in [1.807, 2.05) is 24.3 Å². The molecule has 0 unspecified atom stereocenters. The molecular formula is C28H34N8O4S2. The van der Waals surface area contributed by atoms with Gasteiger partial charge in [-0.2, -0.15) is 4.98 Å². The van der Waals surface area contributed by atoms with Gasteiger partial charge in [0.15, 0.2) is 14.9 Å². The lowest BCUT2D eigenvalue weighted by molar-refractivity contribution is 0.0825. The van der Waals surface area contributed by atoms with Crippen LogP contribution in [0.1, 0.15) is 41.9 Å². The molecule has 0 atom stereocenters. The van der Waals surface area contributed by atoms with Crippen molar-refractivity contribution in [3.05, 3.63) is 62.8 Å². The van der Waals surface area contributed by atoms with E-state index in [1.54, 1.807) is 34.1 Å². The van der Waals surface area contributed by atoms with Crippen LogP contribution < -0.4 is 21.5 Å². The van der Waals surface area contributed by atoms with E-state index in [0.29, 0.717) is 16.3 Å². The Morgan fingerprint density at radius 3 is 2.50 bits per heavy atom. The lowest BCUT2D eigenvalue weighted by Crippen LogP contribution is -2.35. The summed E-state index contributed by atoms with van der Waals surface area (Å²) in [6, 6.07) is 9.72. The zero-order valence-electron chi connectivity index (χ0n) is 23.9. The first-order valence-electron chi connectivity index (χ1n) is 13.7. The molecule has 0 bridgehead atoms. The Morgan fingerprint density at radius 1 is 1.14 bits per heavy atom. The molecule has 42 heavy (non-hydrogen) atoms. The van der Waals surface area contributed by atoms with E-state index in [4.69, 9.17) is 0 Å². The van der Waals surface area contributed by atoms with Gasteiger partial charge < -0.3 is 20.9 Å².